The summed E-state index contributed by atoms with van der Waals surface area (Å²) in [5.41, 5.74) is 0.733. The van der Waals surface area contributed by atoms with Gasteiger partial charge < -0.3 is 14.3 Å². The number of carboxylic acids is 1. The molecular formula is C12H9FINO4. The molecule has 0 saturated heterocycles. The van der Waals surface area contributed by atoms with E-state index in [1.807, 2.05) is 22.6 Å². The van der Waals surface area contributed by atoms with Crippen LogP contribution in [0.2, 0.25) is 0 Å². The number of ether oxygens (including phenoxy) is 1. The summed E-state index contributed by atoms with van der Waals surface area (Å²) in [4.78, 5) is 15.1. The van der Waals surface area contributed by atoms with Crippen LogP contribution in [-0.2, 0) is 11.3 Å². The van der Waals surface area contributed by atoms with Crippen LogP contribution < -0.4 is 0 Å². The molecule has 19 heavy (non-hydrogen) atoms. The molecule has 0 aliphatic carbocycles. The standard InChI is InChI=1S/C12H9FINO4/c1-18-5-9-10(12(16)17)19-11(15-9)7-3-2-6(13)4-8(7)14/h2-4H,5H2,1H3,(H,16,17). The van der Waals surface area contributed by atoms with Crippen LogP contribution in [-0.4, -0.2) is 23.2 Å². The average Bonchev–Trinajstić information content (AvgIpc) is 2.73. The van der Waals surface area contributed by atoms with Crippen molar-refractivity contribution in [3.63, 3.8) is 0 Å². The van der Waals surface area contributed by atoms with Crippen molar-refractivity contribution in [1.29, 1.82) is 0 Å². The van der Waals surface area contributed by atoms with E-state index in [2.05, 4.69) is 4.98 Å². The molecule has 100 valence electrons. The second-order valence-electron chi connectivity index (χ2n) is 3.66. The van der Waals surface area contributed by atoms with Gasteiger partial charge in [-0.1, -0.05) is 0 Å². The fourth-order valence-corrected chi connectivity index (χ4v) is 2.24. The van der Waals surface area contributed by atoms with Crippen LogP contribution in [0.1, 0.15) is 16.2 Å². The van der Waals surface area contributed by atoms with Crippen LogP contribution >= 0.6 is 22.6 Å². The van der Waals surface area contributed by atoms with Gasteiger partial charge in [0, 0.05) is 10.7 Å². The fraction of sp³-hybridized carbons (Fsp3) is 0.167. The number of carbonyl (C=O) groups is 1. The molecule has 0 aliphatic heterocycles. The number of nitrogens with zero attached hydrogens (tertiary/aromatic N) is 1. The Morgan fingerprint density at radius 3 is 2.89 bits per heavy atom. The van der Waals surface area contributed by atoms with Crippen molar-refractivity contribution in [2.45, 2.75) is 6.61 Å². The lowest BCUT2D eigenvalue weighted by molar-refractivity contribution is 0.0656. The number of aromatic carboxylic acids is 1. The van der Waals surface area contributed by atoms with Crippen molar-refractivity contribution in [2.24, 2.45) is 0 Å². The molecule has 0 atom stereocenters. The van der Waals surface area contributed by atoms with E-state index >= 15 is 0 Å². The molecule has 7 heteroatoms. The van der Waals surface area contributed by atoms with Crippen LogP contribution in [0.3, 0.4) is 0 Å². The van der Waals surface area contributed by atoms with E-state index in [0.29, 0.717) is 9.13 Å². The third-order valence-electron chi connectivity index (χ3n) is 2.33. The minimum absolute atomic E-state index is 0.0307. The molecule has 0 saturated carbocycles. The van der Waals surface area contributed by atoms with Gasteiger partial charge in [-0.2, -0.15) is 0 Å². The van der Waals surface area contributed by atoms with Gasteiger partial charge in [-0.25, -0.2) is 14.2 Å². The molecular weight excluding hydrogens is 368 g/mol. The van der Waals surface area contributed by atoms with E-state index in [1.54, 1.807) is 0 Å². The number of methoxy groups -OCH3 is 1. The second kappa shape index (κ2) is 5.66. The molecule has 1 N–H and O–H groups in total. The van der Waals surface area contributed by atoms with E-state index in [9.17, 15) is 9.18 Å². The molecule has 0 fully saturated rings. The van der Waals surface area contributed by atoms with E-state index in [-0.39, 0.29) is 29.8 Å². The Hall–Kier alpha value is -1.48. The van der Waals surface area contributed by atoms with Gasteiger partial charge in [0.2, 0.25) is 11.7 Å². The topological polar surface area (TPSA) is 72.6 Å². The van der Waals surface area contributed by atoms with Crippen LogP contribution in [0.4, 0.5) is 4.39 Å². The van der Waals surface area contributed by atoms with E-state index < -0.39 is 5.97 Å². The Morgan fingerprint density at radius 2 is 2.32 bits per heavy atom. The molecule has 0 bridgehead atoms. The minimum atomic E-state index is -1.22. The first-order valence-electron chi connectivity index (χ1n) is 5.20. The maximum absolute atomic E-state index is 13.0. The zero-order valence-electron chi connectivity index (χ0n) is 9.81. The lowest BCUT2D eigenvalue weighted by Gasteiger charge is -1.99. The highest BCUT2D eigenvalue weighted by molar-refractivity contribution is 14.1. The predicted molar refractivity (Wildman–Crippen MR) is 72.3 cm³/mol. The highest BCUT2D eigenvalue weighted by Gasteiger charge is 2.21. The average molecular weight is 377 g/mol. The maximum atomic E-state index is 13.0. The van der Waals surface area contributed by atoms with Gasteiger partial charge in [-0.05, 0) is 40.8 Å². The normalized spacial score (nSPS) is 10.7. The van der Waals surface area contributed by atoms with Gasteiger partial charge in [-0.3, -0.25) is 0 Å². The summed E-state index contributed by atoms with van der Waals surface area (Å²) >= 11 is 1.93. The van der Waals surface area contributed by atoms with Gasteiger partial charge in [0.15, 0.2) is 0 Å². The van der Waals surface area contributed by atoms with Gasteiger partial charge >= 0.3 is 5.97 Å². The molecule has 0 aliphatic rings. The lowest BCUT2D eigenvalue weighted by atomic mass is 10.2. The van der Waals surface area contributed by atoms with E-state index in [4.69, 9.17) is 14.3 Å². The summed E-state index contributed by atoms with van der Waals surface area (Å²) in [5, 5.41) is 9.01. The Morgan fingerprint density at radius 1 is 1.58 bits per heavy atom. The van der Waals surface area contributed by atoms with Crippen LogP contribution in [0.15, 0.2) is 22.6 Å². The van der Waals surface area contributed by atoms with Gasteiger partial charge in [0.05, 0.1) is 12.2 Å². The number of hydrogen-bond acceptors (Lipinski definition) is 4. The Balaban J connectivity index is 2.50. The Labute approximate surface area is 121 Å². The number of oxazole rings is 1. The summed E-state index contributed by atoms with van der Waals surface area (Å²) in [6, 6.07) is 4.07. The smallest absolute Gasteiger partial charge is 0.373 e. The zero-order valence-corrected chi connectivity index (χ0v) is 12.0. The van der Waals surface area contributed by atoms with Crippen LogP contribution in [0.5, 0.6) is 0 Å². The number of rotatable bonds is 4. The molecule has 1 aromatic carbocycles. The van der Waals surface area contributed by atoms with Crippen LogP contribution in [0, 0.1) is 9.39 Å². The summed E-state index contributed by atoms with van der Waals surface area (Å²) in [6.45, 7) is 0.0307. The SMILES string of the molecule is COCc1nc(-c2ccc(F)cc2I)oc1C(=O)O. The quantitative estimate of drug-likeness (QED) is 0.830. The number of hydrogen-bond donors (Lipinski definition) is 1. The highest BCUT2D eigenvalue weighted by Crippen LogP contribution is 2.27. The first-order valence-corrected chi connectivity index (χ1v) is 6.28. The van der Waals surface area contributed by atoms with Crippen molar-refractivity contribution in [2.75, 3.05) is 7.11 Å². The summed E-state index contributed by atoms with van der Waals surface area (Å²) in [5.74, 6) is -1.73. The van der Waals surface area contributed by atoms with Gasteiger partial charge in [-0.15, -0.1) is 0 Å². The summed E-state index contributed by atoms with van der Waals surface area (Å²) in [7, 11) is 1.43. The molecule has 1 aromatic heterocycles. The van der Waals surface area contributed by atoms with Crippen molar-refractivity contribution >= 4 is 28.6 Å². The Kier molecular flexibility index (Phi) is 4.15. The van der Waals surface area contributed by atoms with E-state index in [0.717, 1.165) is 0 Å². The van der Waals surface area contributed by atoms with Crippen molar-refractivity contribution in [1.82, 2.24) is 4.98 Å². The first-order chi connectivity index (χ1) is 9.02. The zero-order chi connectivity index (χ0) is 14.0. The Bertz CT molecular complexity index is 626. The van der Waals surface area contributed by atoms with Gasteiger partial charge in [0.1, 0.15) is 11.5 Å². The molecule has 1 heterocycles. The third kappa shape index (κ3) is 2.92. The molecule has 0 unspecified atom stereocenters. The predicted octanol–water partition coefficient (Wildman–Crippen LogP) is 2.93. The molecule has 2 aromatic rings. The van der Waals surface area contributed by atoms with Crippen molar-refractivity contribution < 1.29 is 23.4 Å². The summed E-state index contributed by atoms with van der Waals surface area (Å²) in [6.07, 6.45) is 0. The largest absolute Gasteiger partial charge is 0.475 e. The van der Waals surface area contributed by atoms with Crippen molar-refractivity contribution in [3.05, 3.63) is 39.0 Å². The summed E-state index contributed by atoms with van der Waals surface area (Å²) < 4.78 is 23.7. The second-order valence-corrected chi connectivity index (χ2v) is 4.82. The molecule has 5 nitrogen and oxygen atoms in total. The highest BCUT2D eigenvalue weighted by atomic mass is 127. The van der Waals surface area contributed by atoms with Gasteiger partial charge in [0.25, 0.3) is 0 Å². The molecule has 2 rings (SSSR count). The minimum Gasteiger partial charge on any atom is -0.475 e. The lowest BCUT2D eigenvalue weighted by Crippen LogP contribution is -2.00. The fourth-order valence-electron chi connectivity index (χ4n) is 1.53. The number of benzene rings is 1. The number of carboxylic acid groups (broad SMARTS) is 1. The molecule has 0 radical (unpaired) electrons. The van der Waals surface area contributed by atoms with Crippen molar-refractivity contribution in [3.8, 4) is 11.5 Å². The number of halogens is 2. The van der Waals surface area contributed by atoms with E-state index in [1.165, 1.54) is 25.3 Å². The first kappa shape index (κ1) is 13.9. The maximum Gasteiger partial charge on any atom is 0.373 e. The van der Waals surface area contributed by atoms with Crippen LogP contribution in [0.25, 0.3) is 11.5 Å². The number of aromatic nitrogens is 1. The third-order valence-corrected chi connectivity index (χ3v) is 3.23. The monoisotopic (exact) mass is 377 g/mol. The molecule has 0 spiro atoms. The molecule has 0 amide bonds.